The van der Waals surface area contributed by atoms with Crippen LogP contribution in [0.2, 0.25) is 0 Å². The first-order valence-electron chi connectivity index (χ1n) is 14.9. The molecule has 0 radical (unpaired) electrons. The SMILES string of the molecule is Cc1ccc2c3c1O[C@H]1C(OC(=O)[C@@H](OC(=O)CCC(=O)OC(C)(C)C)c4ccccc4)=CC[C@@]4(O)[C@@H](C2)N(C)CC[C@]314. The summed E-state index contributed by atoms with van der Waals surface area (Å²) in [5.41, 5.74) is 1.04. The molecule has 9 heteroatoms. The number of aryl methyl sites for hydroxylation is 1. The van der Waals surface area contributed by atoms with Crippen LogP contribution >= 0.6 is 0 Å². The average molecular weight is 590 g/mol. The van der Waals surface area contributed by atoms with E-state index in [0.29, 0.717) is 30.6 Å². The van der Waals surface area contributed by atoms with Crippen LogP contribution in [0.3, 0.4) is 0 Å². The van der Waals surface area contributed by atoms with Gasteiger partial charge >= 0.3 is 17.9 Å². The van der Waals surface area contributed by atoms with Crippen molar-refractivity contribution >= 4 is 17.9 Å². The topological polar surface area (TPSA) is 112 Å². The Morgan fingerprint density at radius 1 is 1.09 bits per heavy atom. The molecule has 1 N–H and O–H groups in total. The lowest BCUT2D eigenvalue weighted by molar-refractivity contribution is -0.177. The van der Waals surface area contributed by atoms with Crippen molar-refractivity contribution < 1.29 is 38.4 Å². The fourth-order valence-corrected chi connectivity index (χ4v) is 7.42. The van der Waals surface area contributed by atoms with Gasteiger partial charge in [0.2, 0.25) is 6.10 Å². The van der Waals surface area contributed by atoms with Gasteiger partial charge in [0.05, 0.1) is 23.9 Å². The van der Waals surface area contributed by atoms with Gasteiger partial charge in [0, 0.05) is 23.6 Å². The monoisotopic (exact) mass is 589 g/mol. The van der Waals surface area contributed by atoms with Gasteiger partial charge in [-0.3, -0.25) is 9.59 Å². The molecule has 4 aliphatic rings. The molecule has 0 aromatic heterocycles. The molecule has 0 amide bonds. The van der Waals surface area contributed by atoms with Gasteiger partial charge in [0.1, 0.15) is 17.1 Å². The number of hydrogen-bond donors (Lipinski definition) is 1. The summed E-state index contributed by atoms with van der Waals surface area (Å²) in [6.45, 7) is 8.00. The normalized spacial score (nSPS) is 27.7. The predicted octanol–water partition coefficient (Wildman–Crippen LogP) is 4.22. The lowest BCUT2D eigenvalue weighted by atomic mass is 9.50. The number of likely N-dealkylation sites (tertiary alicyclic amines) is 1. The third kappa shape index (κ3) is 4.83. The first-order valence-corrected chi connectivity index (χ1v) is 14.9. The minimum atomic E-state index is -1.36. The fourth-order valence-electron chi connectivity index (χ4n) is 7.42. The Kier molecular flexibility index (Phi) is 7.17. The van der Waals surface area contributed by atoms with Crippen molar-refractivity contribution in [2.75, 3.05) is 13.6 Å². The largest absolute Gasteiger partial charge is 0.481 e. The highest BCUT2D eigenvalue weighted by Crippen LogP contribution is 2.64. The lowest BCUT2D eigenvalue weighted by Gasteiger charge is -2.61. The van der Waals surface area contributed by atoms with Crippen molar-refractivity contribution in [3.05, 3.63) is 76.6 Å². The van der Waals surface area contributed by atoms with Crippen molar-refractivity contribution in [1.29, 1.82) is 0 Å². The van der Waals surface area contributed by atoms with Gasteiger partial charge in [-0.05, 0) is 71.3 Å². The molecule has 5 atom stereocenters. The number of nitrogens with zero attached hydrogens (tertiary/aromatic N) is 1. The molecule has 2 aromatic carbocycles. The molecule has 2 aliphatic carbocycles. The van der Waals surface area contributed by atoms with Crippen LogP contribution in [0.15, 0.2) is 54.3 Å². The maximum Gasteiger partial charge on any atom is 0.357 e. The molecular formula is C34H39NO8. The summed E-state index contributed by atoms with van der Waals surface area (Å²) in [7, 11) is 2.04. The second kappa shape index (κ2) is 10.5. The van der Waals surface area contributed by atoms with E-state index in [1.165, 1.54) is 0 Å². The molecule has 43 heavy (non-hydrogen) atoms. The Labute approximate surface area is 251 Å². The second-order valence-electron chi connectivity index (χ2n) is 13.2. The van der Waals surface area contributed by atoms with Crippen LogP contribution in [-0.4, -0.2) is 64.9 Å². The molecule has 2 aromatic rings. The third-order valence-corrected chi connectivity index (χ3v) is 9.31. The quantitative estimate of drug-likeness (QED) is 0.375. The van der Waals surface area contributed by atoms with Crippen LogP contribution in [0.25, 0.3) is 0 Å². The van der Waals surface area contributed by atoms with Crippen LogP contribution < -0.4 is 4.74 Å². The fraction of sp³-hybridized carbons (Fsp3) is 0.500. The summed E-state index contributed by atoms with van der Waals surface area (Å²) in [5.74, 6) is -0.966. The van der Waals surface area contributed by atoms with E-state index < -0.39 is 46.7 Å². The number of likely N-dealkylation sites (N-methyl/N-ethyl adjacent to an activating group) is 1. The van der Waals surface area contributed by atoms with E-state index in [1.54, 1.807) is 57.2 Å². The van der Waals surface area contributed by atoms with E-state index in [-0.39, 0.29) is 18.9 Å². The molecule has 2 bridgehead atoms. The number of ether oxygens (including phenoxy) is 4. The molecule has 228 valence electrons. The van der Waals surface area contributed by atoms with Crippen molar-refractivity contribution in [3.8, 4) is 5.75 Å². The Bertz CT molecular complexity index is 1490. The van der Waals surface area contributed by atoms with Crippen molar-refractivity contribution in [2.24, 2.45) is 0 Å². The highest BCUT2D eigenvalue weighted by molar-refractivity contribution is 5.83. The Hall–Kier alpha value is -3.69. The zero-order valence-electron chi connectivity index (χ0n) is 25.3. The summed E-state index contributed by atoms with van der Waals surface area (Å²) in [6, 6.07) is 12.7. The predicted molar refractivity (Wildman–Crippen MR) is 156 cm³/mol. The van der Waals surface area contributed by atoms with Crippen LogP contribution in [0.4, 0.5) is 0 Å². The smallest absolute Gasteiger partial charge is 0.357 e. The van der Waals surface area contributed by atoms with Gasteiger partial charge in [-0.15, -0.1) is 0 Å². The minimum absolute atomic E-state index is 0.106. The second-order valence-corrected chi connectivity index (χ2v) is 13.2. The Balaban J connectivity index is 1.27. The van der Waals surface area contributed by atoms with Gasteiger partial charge in [-0.2, -0.15) is 0 Å². The van der Waals surface area contributed by atoms with Gasteiger partial charge in [0.15, 0.2) is 6.10 Å². The number of aliphatic hydroxyl groups is 1. The maximum absolute atomic E-state index is 13.8. The van der Waals surface area contributed by atoms with E-state index >= 15 is 0 Å². The van der Waals surface area contributed by atoms with E-state index in [4.69, 9.17) is 18.9 Å². The molecule has 6 rings (SSSR count). The molecule has 2 heterocycles. The van der Waals surface area contributed by atoms with Gasteiger partial charge in [0.25, 0.3) is 0 Å². The molecular weight excluding hydrogens is 550 g/mol. The number of carbonyl (C=O) groups is 3. The standard InChI is InChI=1S/C34H39NO8/c1-20-11-12-22-19-24-34(39)16-15-23(30-33(34,17-18-35(24)5)27(22)28(20)42-30)40-31(38)29(21-9-7-6-8-10-21)41-25(36)13-14-26(37)43-32(2,3)4/h6-12,15,24,29-30,39H,13-14,16-19H2,1-5H3/t24-,29+,30+,33+,34-/m1/s1. The minimum Gasteiger partial charge on any atom is -0.481 e. The van der Waals surface area contributed by atoms with Crippen molar-refractivity contribution in [2.45, 2.75) is 94.7 Å². The first kappa shape index (κ1) is 29.4. The average Bonchev–Trinajstić information content (AvgIpc) is 3.31. The highest BCUT2D eigenvalue weighted by Gasteiger charge is 2.71. The van der Waals surface area contributed by atoms with E-state index in [1.807, 2.05) is 20.0 Å². The van der Waals surface area contributed by atoms with E-state index in [9.17, 15) is 19.5 Å². The molecule has 1 spiro atoms. The van der Waals surface area contributed by atoms with E-state index in [0.717, 1.165) is 29.0 Å². The van der Waals surface area contributed by atoms with Gasteiger partial charge in [-0.25, -0.2) is 4.79 Å². The van der Waals surface area contributed by atoms with Crippen molar-refractivity contribution in [3.63, 3.8) is 0 Å². The number of hydrogen-bond acceptors (Lipinski definition) is 9. The number of rotatable bonds is 7. The van der Waals surface area contributed by atoms with Crippen LogP contribution in [0.5, 0.6) is 5.75 Å². The molecule has 1 fully saturated rings. The van der Waals surface area contributed by atoms with Crippen molar-refractivity contribution in [1.82, 2.24) is 4.90 Å². The molecule has 9 nitrogen and oxygen atoms in total. The molecule has 1 saturated heterocycles. The zero-order valence-corrected chi connectivity index (χ0v) is 25.3. The number of benzene rings is 2. The highest BCUT2D eigenvalue weighted by atomic mass is 16.6. The third-order valence-electron chi connectivity index (χ3n) is 9.31. The number of piperidine rings is 1. The van der Waals surface area contributed by atoms with Crippen LogP contribution in [0, 0.1) is 6.92 Å². The van der Waals surface area contributed by atoms with Crippen LogP contribution in [-0.2, 0) is 40.4 Å². The molecule has 2 aliphatic heterocycles. The lowest BCUT2D eigenvalue weighted by Crippen LogP contribution is -2.74. The summed E-state index contributed by atoms with van der Waals surface area (Å²) in [4.78, 5) is 41.0. The van der Waals surface area contributed by atoms with Gasteiger partial charge in [-0.1, -0.05) is 42.5 Å². The molecule has 0 saturated carbocycles. The Morgan fingerprint density at radius 2 is 1.81 bits per heavy atom. The zero-order chi connectivity index (χ0) is 30.7. The van der Waals surface area contributed by atoms with E-state index in [2.05, 4.69) is 11.0 Å². The van der Waals surface area contributed by atoms with Crippen LogP contribution in [0.1, 0.15) is 74.8 Å². The number of carbonyl (C=O) groups excluding carboxylic acids is 3. The van der Waals surface area contributed by atoms with Gasteiger partial charge < -0.3 is 29.0 Å². The Morgan fingerprint density at radius 3 is 2.53 bits per heavy atom. The summed E-state index contributed by atoms with van der Waals surface area (Å²) >= 11 is 0. The molecule has 0 unspecified atom stereocenters. The summed E-state index contributed by atoms with van der Waals surface area (Å²) in [6.07, 6.45) is 0.916. The maximum atomic E-state index is 13.8. The summed E-state index contributed by atoms with van der Waals surface area (Å²) in [5, 5.41) is 12.4. The number of esters is 3. The first-order chi connectivity index (χ1) is 20.3. The summed E-state index contributed by atoms with van der Waals surface area (Å²) < 4.78 is 23.6.